The number of carbonyl (C=O) groups is 2. The molecule has 0 aliphatic rings. The van der Waals surface area contributed by atoms with Crippen LogP contribution in [0, 0.1) is 17.0 Å². The van der Waals surface area contributed by atoms with Crippen molar-refractivity contribution in [1.82, 2.24) is 10.3 Å². The molecule has 2 rings (SSSR count). The molecular weight excluding hydrogens is 274 g/mol. The highest BCUT2D eigenvalue weighted by Gasteiger charge is 2.16. The fourth-order valence-electron chi connectivity index (χ4n) is 1.70. The number of nitro groups is 1. The molecule has 0 radical (unpaired) electrons. The molecular formula is C14H11N3O4. The summed E-state index contributed by atoms with van der Waals surface area (Å²) in [5.41, 5.74) is 1.20. The molecule has 1 aromatic carbocycles. The normalized spacial score (nSPS) is 9.95. The molecule has 1 aromatic heterocycles. The summed E-state index contributed by atoms with van der Waals surface area (Å²) >= 11 is 0. The largest absolute Gasteiger partial charge is 0.363 e. The molecule has 0 saturated heterocycles. The number of nitrogens with one attached hydrogen (secondary N) is 1. The summed E-state index contributed by atoms with van der Waals surface area (Å²) in [5, 5.41) is 12.7. The molecule has 2 aromatic rings. The topological polar surface area (TPSA) is 102 Å². The van der Waals surface area contributed by atoms with Gasteiger partial charge in [-0.2, -0.15) is 0 Å². The molecule has 0 bridgehead atoms. The molecule has 1 N–H and O–H groups in total. The number of aryl methyl sites for hydroxylation is 1. The van der Waals surface area contributed by atoms with E-state index in [9.17, 15) is 19.7 Å². The molecule has 0 unspecified atom stereocenters. The minimum atomic E-state index is -0.667. The van der Waals surface area contributed by atoms with Crippen LogP contribution in [0.1, 0.15) is 26.3 Å². The lowest BCUT2D eigenvalue weighted by atomic mass is 10.1. The average molecular weight is 285 g/mol. The van der Waals surface area contributed by atoms with Crippen molar-refractivity contribution in [2.75, 3.05) is 0 Å². The Labute approximate surface area is 119 Å². The Morgan fingerprint density at radius 1 is 1.14 bits per heavy atom. The van der Waals surface area contributed by atoms with E-state index in [0.29, 0.717) is 5.56 Å². The number of benzene rings is 1. The molecule has 2 amide bonds. The Hall–Kier alpha value is -3.09. The van der Waals surface area contributed by atoms with Crippen molar-refractivity contribution in [2.24, 2.45) is 0 Å². The highest BCUT2D eigenvalue weighted by atomic mass is 16.6. The zero-order chi connectivity index (χ0) is 15.4. The number of hydrogen-bond acceptors (Lipinski definition) is 5. The van der Waals surface area contributed by atoms with Gasteiger partial charge in [0.25, 0.3) is 11.8 Å². The van der Waals surface area contributed by atoms with E-state index >= 15 is 0 Å². The second-order valence-electron chi connectivity index (χ2n) is 4.26. The quantitative estimate of drug-likeness (QED) is 0.527. The second-order valence-corrected chi connectivity index (χ2v) is 4.26. The number of pyridine rings is 1. The van der Waals surface area contributed by atoms with E-state index in [2.05, 4.69) is 10.3 Å². The van der Waals surface area contributed by atoms with Crippen LogP contribution >= 0.6 is 0 Å². The summed E-state index contributed by atoms with van der Waals surface area (Å²) in [7, 11) is 0. The van der Waals surface area contributed by atoms with Crippen LogP contribution in [-0.4, -0.2) is 21.7 Å². The molecule has 0 aliphatic carbocycles. The minimum Gasteiger partial charge on any atom is -0.358 e. The molecule has 0 spiro atoms. The van der Waals surface area contributed by atoms with Gasteiger partial charge in [-0.1, -0.05) is 18.2 Å². The molecule has 0 fully saturated rings. The van der Waals surface area contributed by atoms with Crippen LogP contribution in [0.4, 0.5) is 5.82 Å². The molecule has 0 aliphatic heterocycles. The average Bonchev–Trinajstić information content (AvgIpc) is 2.47. The maximum Gasteiger partial charge on any atom is 0.363 e. The van der Waals surface area contributed by atoms with Gasteiger partial charge >= 0.3 is 5.82 Å². The highest BCUT2D eigenvalue weighted by molar-refractivity contribution is 6.10. The highest BCUT2D eigenvalue weighted by Crippen LogP contribution is 2.09. The van der Waals surface area contributed by atoms with E-state index in [4.69, 9.17) is 0 Å². The number of nitrogens with zero attached hydrogens (tertiary/aromatic N) is 2. The Morgan fingerprint density at radius 3 is 2.43 bits per heavy atom. The summed E-state index contributed by atoms with van der Waals surface area (Å²) in [6.07, 6.45) is 1.05. The fraction of sp³-hybridized carbons (Fsp3) is 0.0714. The van der Waals surface area contributed by atoms with Crippen molar-refractivity contribution >= 4 is 17.6 Å². The van der Waals surface area contributed by atoms with Crippen LogP contribution in [0.2, 0.25) is 0 Å². The molecule has 1 heterocycles. The van der Waals surface area contributed by atoms with Crippen LogP contribution in [-0.2, 0) is 0 Å². The first-order valence-corrected chi connectivity index (χ1v) is 6.01. The molecule has 0 saturated carbocycles. The smallest absolute Gasteiger partial charge is 0.358 e. The standard InChI is InChI=1S/C14H11N3O4/c1-9-4-2-3-5-11(9)14(19)16-13(18)10-6-7-12(15-8-10)17(20)21/h2-8H,1H3,(H,16,18,19). The van der Waals surface area contributed by atoms with Gasteiger partial charge in [0.15, 0.2) is 6.20 Å². The van der Waals surface area contributed by atoms with Gasteiger partial charge in [0.1, 0.15) is 0 Å². The summed E-state index contributed by atoms with van der Waals surface area (Å²) < 4.78 is 0. The lowest BCUT2D eigenvalue weighted by Crippen LogP contribution is -2.31. The molecule has 7 nitrogen and oxygen atoms in total. The number of hydrogen-bond donors (Lipinski definition) is 1. The third-order valence-electron chi connectivity index (χ3n) is 2.81. The van der Waals surface area contributed by atoms with Crippen LogP contribution in [0.3, 0.4) is 0 Å². The predicted octanol–water partition coefficient (Wildman–Crippen LogP) is 1.87. The van der Waals surface area contributed by atoms with Crippen LogP contribution in [0.5, 0.6) is 0 Å². The van der Waals surface area contributed by atoms with E-state index in [1.54, 1.807) is 31.2 Å². The van der Waals surface area contributed by atoms with Gasteiger partial charge in [-0.3, -0.25) is 14.9 Å². The maximum atomic E-state index is 12.0. The number of rotatable bonds is 3. The van der Waals surface area contributed by atoms with Gasteiger partial charge in [-0.25, -0.2) is 0 Å². The summed E-state index contributed by atoms with van der Waals surface area (Å²) in [6, 6.07) is 9.19. The van der Waals surface area contributed by atoms with E-state index in [1.165, 1.54) is 6.07 Å². The van der Waals surface area contributed by atoms with Crippen molar-refractivity contribution in [1.29, 1.82) is 0 Å². The summed E-state index contributed by atoms with van der Waals surface area (Å²) in [4.78, 5) is 37.2. The van der Waals surface area contributed by atoms with E-state index in [1.807, 2.05) is 0 Å². The van der Waals surface area contributed by atoms with Crippen molar-refractivity contribution in [3.05, 3.63) is 69.4 Å². The molecule has 7 heteroatoms. The Balaban J connectivity index is 2.13. The van der Waals surface area contributed by atoms with Gasteiger partial charge in [-0.15, -0.1) is 0 Å². The molecule has 21 heavy (non-hydrogen) atoms. The summed E-state index contributed by atoms with van der Waals surface area (Å²) in [6.45, 7) is 1.76. The fourth-order valence-corrected chi connectivity index (χ4v) is 1.70. The van der Waals surface area contributed by atoms with Gasteiger partial charge in [0, 0.05) is 11.6 Å². The van der Waals surface area contributed by atoms with E-state index < -0.39 is 16.7 Å². The first-order valence-electron chi connectivity index (χ1n) is 6.01. The third-order valence-corrected chi connectivity index (χ3v) is 2.81. The van der Waals surface area contributed by atoms with Gasteiger partial charge in [0.05, 0.1) is 5.56 Å². The predicted molar refractivity (Wildman–Crippen MR) is 73.9 cm³/mol. The number of amides is 2. The monoisotopic (exact) mass is 285 g/mol. The number of aromatic nitrogens is 1. The van der Waals surface area contributed by atoms with Gasteiger partial charge < -0.3 is 10.1 Å². The first-order chi connectivity index (χ1) is 9.99. The minimum absolute atomic E-state index is 0.0718. The van der Waals surface area contributed by atoms with Crippen molar-refractivity contribution < 1.29 is 14.5 Å². The second kappa shape index (κ2) is 5.91. The SMILES string of the molecule is Cc1ccccc1C(=O)NC(=O)c1ccc([N+](=O)[O-])nc1. The Kier molecular flexibility index (Phi) is 4.03. The Morgan fingerprint density at radius 2 is 1.86 bits per heavy atom. The van der Waals surface area contributed by atoms with Crippen LogP contribution in [0.25, 0.3) is 0 Å². The van der Waals surface area contributed by atoms with Crippen molar-refractivity contribution in [3.63, 3.8) is 0 Å². The van der Waals surface area contributed by atoms with E-state index in [-0.39, 0.29) is 11.4 Å². The third kappa shape index (κ3) is 3.27. The zero-order valence-corrected chi connectivity index (χ0v) is 11.1. The molecule has 0 atom stereocenters. The lowest BCUT2D eigenvalue weighted by molar-refractivity contribution is -0.389. The Bertz CT molecular complexity index is 710. The van der Waals surface area contributed by atoms with Gasteiger partial charge in [-0.05, 0) is 34.5 Å². The van der Waals surface area contributed by atoms with Crippen molar-refractivity contribution in [3.8, 4) is 0 Å². The van der Waals surface area contributed by atoms with Crippen LogP contribution < -0.4 is 5.32 Å². The first kappa shape index (κ1) is 14.3. The number of imide groups is 1. The van der Waals surface area contributed by atoms with Crippen molar-refractivity contribution in [2.45, 2.75) is 6.92 Å². The van der Waals surface area contributed by atoms with Crippen LogP contribution in [0.15, 0.2) is 42.6 Å². The lowest BCUT2D eigenvalue weighted by Gasteiger charge is -2.05. The maximum absolute atomic E-state index is 12.0. The van der Waals surface area contributed by atoms with E-state index in [0.717, 1.165) is 17.8 Å². The molecule has 106 valence electrons. The number of carbonyl (C=O) groups excluding carboxylic acids is 2. The van der Waals surface area contributed by atoms with Gasteiger partial charge in [0.2, 0.25) is 0 Å². The summed E-state index contributed by atoms with van der Waals surface area (Å²) in [5.74, 6) is -1.56. The zero-order valence-electron chi connectivity index (χ0n) is 11.1.